The molecule has 6 N–H and O–H groups in total. The van der Waals surface area contributed by atoms with E-state index in [1.165, 1.54) is 17.2 Å². The van der Waals surface area contributed by atoms with Crippen molar-refractivity contribution in [3.63, 3.8) is 0 Å². The molecule has 0 bridgehead atoms. The van der Waals surface area contributed by atoms with Crippen LogP contribution < -0.4 is 38.5 Å². The van der Waals surface area contributed by atoms with E-state index in [-0.39, 0.29) is 37.4 Å². The number of para-hydroxylation sites is 4. The molecule has 0 spiro atoms. The van der Waals surface area contributed by atoms with Crippen LogP contribution >= 0.6 is 0 Å². The number of methoxy groups -OCH3 is 1. The molecule has 4 unspecified atom stereocenters. The highest BCUT2D eigenvalue weighted by molar-refractivity contribution is 7.93. The van der Waals surface area contributed by atoms with E-state index in [1.54, 1.807) is 59.6 Å². The number of carbonyl (C=O) groups is 1. The number of benzene rings is 8. The maximum atomic E-state index is 13.2. The molecule has 0 amide bonds. The zero-order chi connectivity index (χ0) is 76.3. The van der Waals surface area contributed by atoms with E-state index in [9.17, 15) is 38.5 Å². The Morgan fingerprint density at radius 2 is 0.594 bits per heavy atom. The highest BCUT2D eigenvalue weighted by Crippen LogP contribution is 2.45. The van der Waals surface area contributed by atoms with Gasteiger partial charge >= 0.3 is 0 Å². The van der Waals surface area contributed by atoms with E-state index in [1.807, 2.05) is 173 Å². The lowest BCUT2D eigenvalue weighted by atomic mass is 9.96. The second-order valence-corrected chi connectivity index (χ2v) is 34.9. The number of aryl methyl sites for hydroxylation is 4. The zero-order valence-electron chi connectivity index (χ0n) is 62.3. The number of aliphatic hydroxyl groups is 2. The molecular weight excluding hydrogens is 1420 g/mol. The van der Waals surface area contributed by atoms with E-state index in [0.29, 0.717) is 68.6 Å². The van der Waals surface area contributed by atoms with E-state index >= 15 is 0 Å². The minimum atomic E-state index is -3.62. The molecule has 4 aliphatic rings. The molecular formula is C81H104N8O13S4. The van der Waals surface area contributed by atoms with Crippen LogP contribution in [0, 0.1) is 27.7 Å². The number of unbranched alkanes of at least 4 members (excludes halogenated alkanes) is 7. The van der Waals surface area contributed by atoms with Crippen LogP contribution in [0.5, 0.6) is 0 Å². The van der Waals surface area contributed by atoms with E-state index in [2.05, 4.69) is 21.3 Å². The lowest BCUT2D eigenvalue weighted by Crippen LogP contribution is -2.26. The van der Waals surface area contributed by atoms with Crippen molar-refractivity contribution in [2.24, 2.45) is 0 Å². The average Bonchev–Trinajstić information content (AvgIpc) is 1.62. The van der Waals surface area contributed by atoms with E-state index < -0.39 is 40.1 Å². The first-order valence-corrected chi connectivity index (χ1v) is 42.1. The molecule has 0 radical (unpaired) electrons. The number of carbonyl (C=O) groups excluding carboxylic acids is 1. The first kappa shape index (κ1) is 82.0. The minimum absolute atomic E-state index is 0.163. The predicted octanol–water partition coefficient (Wildman–Crippen LogP) is 12.3. The first-order chi connectivity index (χ1) is 50.9. The van der Waals surface area contributed by atoms with Gasteiger partial charge in [-0.3, -0.25) is 22.0 Å². The summed E-state index contributed by atoms with van der Waals surface area (Å²) in [6.07, 6.45) is 10.1. The number of rotatable bonds is 26. The largest absolute Gasteiger partial charge is 0.468 e. The molecule has 0 fully saturated rings. The molecule has 12 rings (SSSR count). The van der Waals surface area contributed by atoms with Crippen molar-refractivity contribution in [2.75, 3.05) is 105 Å². The average molecular weight is 1530 g/mol. The molecule has 106 heavy (non-hydrogen) atoms. The summed E-state index contributed by atoms with van der Waals surface area (Å²) in [5, 5.41) is 32.0. The number of hydrogen-bond acceptors (Lipinski definition) is 17. The topological polar surface area (TPSA) is 274 Å². The number of fused-ring (bicyclic) bond motifs is 8. The number of hydrogen-bond donors (Lipinski definition) is 6. The summed E-state index contributed by atoms with van der Waals surface area (Å²) in [6.45, 7) is 12.6. The molecule has 8 aromatic carbocycles. The van der Waals surface area contributed by atoms with Crippen molar-refractivity contribution >= 4 is 69.3 Å². The lowest BCUT2D eigenvalue weighted by molar-refractivity contribution is -0.128. The van der Waals surface area contributed by atoms with Crippen LogP contribution in [0.4, 0.5) is 22.7 Å². The molecule has 21 nitrogen and oxygen atoms in total. The Morgan fingerprint density at radius 1 is 0.340 bits per heavy atom. The maximum Gasteiger partial charge on any atom is 0.293 e. The van der Waals surface area contributed by atoms with Crippen molar-refractivity contribution in [1.82, 2.24) is 21.3 Å². The quantitative estimate of drug-likeness (QED) is 0.0217. The van der Waals surface area contributed by atoms with Gasteiger partial charge in [-0.1, -0.05) is 147 Å². The molecule has 8 aromatic rings. The fraction of sp³-hybridized carbons (Fsp3) is 0.395. The normalized spacial score (nSPS) is 17.9. The number of sulfonamides is 4. The summed E-state index contributed by atoms with van der Waals surface area (Å²) in [4.78, 5) is 11.6. The fourth-order valence-electron chi connectivity index (χ4n) is 13.9. The van der Waals surface area contributed by atoms with Crippen molar-refractivity contribution in [1.29, 1.82) is 0 Å². The summed E-state index contributed by atoms with van der Waals surface area (Å²) in [6, 6.07) is 52.4. The van der Waals surface area contributed by atoms with E-state index in [4.69, 9.17) is 19.7 Å². The van der Waals surface area contributed by atoms with Gasteiger partial charge in [-0.25, -0.2) is 33.7 Å². The Kier molecular flexibility index (Phi) is 29.1. The summed E-state index contributed by atoms with van der Waals surface area (Å²) >= 11 is 0. The van der Waals surface area contributed by atoms with Crippen molar-refractivity contribution in [3.8, 4) is 0 Å². The molecule has 0 aromatic heterocycles. The third-order valence-corrected chi connectivity index (χ3v) is 27.0. The van der Waals surface area contributed by atoms with Crippen molar-refractivity contribution in [2.45, 2.75) is 142 Å². The van der Waals surface area contributed by atoms with Crippen molar-refractivity contribution in [3.05, 3.63) is 237 Å². The fourth-order valence-corrected chi connectivity index (χ4v) is 20.0. The molecule has 4 atom stereocenters. The lowest BCUT2D eigenvalue weighted by Gasteiger charge is -2.22. The number of nitrogens with one attached hydrogen (secondary N) is 4. The van der Waals surface area contributed by atoms with Crippen LogP contribution in [0.15, 0.2) is 189 Å². The standard InChI is InChI=1S/C22H28N2O4S.C21H28N2O3S.2C19H24N2O3S/c1-17-11-12-19-21(15-17)29(26,27)24(2)20-10-6-5-9-18(20)22(19)23-13-7-3-4-8-14-28-16-25;1-16-11-12-18-20(15-16)27(25,26)23(2)19-10-6-5-9-17(19)21(18)22-13-7-3-4-8-14-24;1-14-9-10-16-18(13-14)25(22,23)21(2)17-8-5-4-7-15(17)19(16)20-11-6-12-24-3;1-14-9-10-16-18(13-14)25(23,24)21(2)17-8-4-3-7-15(17)19(16)20-11-5-6-12-22/h5-6,9-12,15-16,22-23H,3-4,7-8,13-14H2,1-2H3;5-6,9-12,15,21-22,24H,3-4,7-8,13-14H2,1-2H3;4-5,7-10,13,19-20H,6,11-12H2,1-3H3;3-4,7-10,13,19-20,22H,5-6,11-12H2,1-2H3. The van der Waals surface area contributed by atoms with Crippen LogP contribution in [0.25, 0.3) is 0 Å². The van der Waals surface area contributed by atoms with Gasteiger partial charge in [-0.15, -0.1) is 0 Å². The van der Waals surface area contributed by atoms with Gasteiger partial charge in [0.05, 0.1) is 73.1 Å². The third-order valence-electron chi connectivity index (χ3n) is 19.7. The molecule has 4 heterocycles. The van der Waals surface area contributed by atoms with Gasteiger partial charge in [-0.05, 0) is 214 Å². The minimum Gasteiger partial charge on any atom is -0.468 e. The summed E-state index contributed by atoms with van der Waals surface area (Å²) in [7, 11) is -6.28. The number of aliphatic hydroxyl groups excluding tert-OH is 2. The summed E-state index contributed by atoms with van der Waals surface area (Å²) in [5.74, 6) is 0. The number of nitrogens with zero attached hydrogens (tertiary/aromatic N) is 4. The Bertz CT molecular complexity index is 4630. The number of ether oxygens (including phenoxy) is 2. The molecule has 0 saturated heterocycles. The van der Waals surface area contributed by atoms with Crippen LogP contribution in [-0.4, -0.2) is 138 Å². The summed E-state index contributed by atoms with van der Waals surface area (Å²) in [5.41, 5.74) is 13.5. The molecule has 4 aliphatic heterocycles. The summed E-state index contributed by atoms with van der Waals surface area (Å²) < 4.78 is 121. The van der Waals surface area contributed by atoms with Gasteiger partial charge in [0, 0.05) is 55.1 Å². The van der Waals surface area contributed by atoms with Crippen LogP contribution in [0.2, 0.25) is 0 Å². The third kappa shape index (κ3) is 18.9. The number of anilines is 4. The maximum absolute atomic E-state index is 13.2. The first-order valence-electron chi connectivity index (χ1n) is 36.3. The molecule has 0 saturated carbocycles. The van der Waals surface area contributed by atoms with E-state index in [0.717, 1.165) is 157 Å². The van der Waals surface area contributed by atoms with Crippen LogP contribution in [0.1, 0.15) is 162 Å². The predicted molar refractivity (Wildman–Crippen MR) is 421 cm³/mol. The van der Waals surface area contributed by atoms with Gasteiger partial charge in [0.15, 0.2) is 0 Å². The Morgan fingerprint density at radius 3 is 0.877 bits per heavy atom. The molecule has 25 heteroatoms. The van der Waals surface area contributed by atoms with Gasteiger partial charge < -0.3 is 41.0 Å². The second-order valence-electron chi connectivity index (χ2n) is 27.1. The smallest absolute Gasteiger partial charge is 0.293 e. The van der Waals surface area contributed by atoms with Gasteiger partial charge in [0.2, 0.25) is 0 Å². The Hall–Kier alpha value is -8.05. The van der Waals surface area contributed by atoms with Crippen molar-refractivity contribution < 1.29 is 58.2 Å². The van der Waals surface area contributed by atoms with Gasteiger partial charge in [0.25, 0.3) is 46.6 Å². The zero-order valence-corrected chi connectivity index (χ0v) is 65.6. The van der Waals surface area contributed by atoms with Crippen LogP contribution in [-0.2, 0) is 54.4 Å². The van der Waals surface area contributed by atoms with Gasteiger partial charge in [0.1, 0.15) is 0 Å². The van der Waals surface area contributed by atoms with Crippen LogP contribution in [0.3, 0.4) is 0 Å². The Balaban J connectivity index is 0.000000164. The monoisotopic (exact) mass is 1520 g/mol. The Labute approximate surface area is 628 Å². The SMILES string of the molecule is COCCCNC1c2ccccc2N(C)S(=O)(=O)c2cc(C)ccc21.Cc1ccc2c(c1)S(=O)(=O)N(C)c1ccccc1C2NCCCCCCO.Cc1ccc2c(c1)S(=O)(=O)N(C)c1ccccc1C2NCCCCCCOC=O.Cc1ccc2c(c1)S(=O)(=O)N(C)c1ccccc1C2NCCCCO. The van der Waals surface area contributed by atoms with Gasteiger partial charge in [-0.2, -0.15) is 0 Å². The second kappa shape index (κ2) is 37.7. The molecule has 570 valence electrons. The highest BCUT2D eigenvalue weighted by atomic mass is 32.2. The highest BCUT2D eigenvalue weighted by Gasteiger charge is 2.39. The molecule has 0 aliphatic carbocycles.